The lowest BCUT2D eigenvalue weighted by molar-refractivity contribution is 0.0936. The summed E-state index contributed by atoms with van der Waals surface area (Å²) in [6.07, 6.45) is 2.41. The molecule has 140 valence electrons. The highest BCUT2D eigenvalue weighted by Gasteiger charge is 2.12. The van der Waals surface area contributed by atoms with Gasteiger partial charge in [-0.05, 0) is 30.7 Å². The fourth-order valence-electron chi connectivity index (χ4n) is 2.50. The van der Waals surface area contributed by atoms with Crippen LogP contribution in [0.25, 0.3) is 0 Å². The van der Waals surface area contributed by atoms with Crippen LogP contribution in [0.1, 0.15) is 21.6 Å². The van der Waals surface area contributed by atoms with Crippen molar-refractivity contribution in [1.82, 2.24) is 20.4 Å². The normalized spacial score (nSPS) is 10.4. The van der Waals surface area contributed by atoms with Gasteiger partial charge in [0, 0.05) is 56.8 Å². The maximum Gasteiger partial charge on any atom is 0.319 e. The molecule has 2 aromatic rings. The van der Waals surface area contributed by atoms with Gasteiger partial charge in [0.25, 0.3) is 5.91 Å². The number of amides is 3. The molecule has 8 heteroatoms. The molecule has 1 heterocycles. The van der Waals surface area contributed by atoms with Crippen molar-refractivity contribution in [2.75, 3.05) is 32.1 Å². The van der Waals surface area contributed by atoms with Crippen LogP contribution >= 0.6 is 0 Å². The van der Waals surface area contributed by atoms with E-state index in [1.54, 1.807) is 43.1 Å². The molecule has 3 amide bonds. The van der Waals surface area contributed by atoms with Gasteiger partial charge in [0.15, 0.2) is 0 Å². The molecule has 0 radical (unpaired) electrons. The Morgan fingerprint density at radius 3 is 2.69 bits per heavy atom. The third-order valence-electron chi connectivity index (χ3n) is 4.01. The van der Waals surface area contributed by atoms with Gasteiger partial charge < -0.3 is 20.7 Å². The first-order chi connectivity index (χ1) is 12.5. The fraction of sp³-hybridized carbons (Fsp3) is 0.389. The maximum absolute atomic E-state index is 12.2. The molecule has 3 N–H and O–H groups in total. The predicted octanol–water partition coefficient (Wildman–Crippen LogP) is 1.47. The first-order valence-corrected chi connectivity index (χ1v) is 8.41. The molecular formula is C18H25N5O3. The average Bonchev–Trinajstić information content (AvgIpc) is 3.02. The van der Waals surface area contributed by atoms with Crippen molar-refractivity contribution in [3.63, 3.8) is 0 Å². The van der Waals surface area contributed by atoms with Crippen LogP contribution in [0.15, 0.2) is 30.5 Å². The Kier molecular flexibility index (Phi) is 7.16. The van der Waals surface area contributed by atoms with E-state index in [0.29, 0.717) is 42.9 Å². The molecule has 8 nitrogen and oxygen atoms in total. The summed E-state index contributed by atoms with van der Waals surface area (Å²) in [5.74, 6) is -0.195. The van der Waals surface area contributed by atoms with E-state index in [-0.39, 0.29) is 11.9 Å². The average molecular weight is 359 g/mol. The predicted molar refractivity (Wildman–Crippen MR) is 99.3 cm³/mol. The van der Waals surface area contributed by atoms with Crippen LogP contribution in [-0.4, -0.2) is 48.5 Å². The van der Waals surface area contributed by atoms with Gasteiger partial charge in [-0.2, -0.15) is 5.10 Å². The molecule has 0 spiro atoms. The largest absolute Gasteiger partial charge is 0.383 e. The molecule has 1 aromatic carbocycles. The molecule has 0 atom stereocenters. The van der Waals surface area contributed by atoms with Gasteiger partial charge in [-0.1, -0.05) is 6.07 Å². The molecule has 2 rings (SSSR count). The summed E-state index contributed by atoms with van der Waals surface area (Å²) in [5, 5.41) is 12.5. The number of urea groups is 1. The molecule has 26 heavy (non-hydrogen) atoms. The molecule has 0 bridgehead atoms. The minimum Gasteiger partial charge on any atom is -0.383 e. The number of carbonyl (C=O) groups is 2. The van der Waals surface area contributed by atoms with Crippen LogP contribution in [0.3, 0.4) is 0 Å². The van der Waals surface area contributed by atoms with Gasteiger partial charge >= 0.3 is 6.03 Å². The van der Waals surface area contributed by atoms with E-state index in [0.717, 1.165) is 5.69 Å². The van der Waals surface area contributed by atoms with Crippen molar-refractivity contribution in [2.45, 2.75) is 13.3 Å². The van der Waals surface area contributed by atoms with Gasteiger partial charge in [0.05, 0.1) is 6.61 Å². The Balaban J connectivity index is 1.90. The van der Waals surface area contributed by atoms with Crippen LogP contribution in [-0.2, 0) is 18.2 Å². The zero-order valence-electron chi connectivity index (χ0n) is 15.3. The van der Waals surface area contributed by atoms with E-state index in [4.69, 9.17) is 4.74 Å². The van der Waals surface area contributed by atoms with E-state index >= 15 is 0 Å². The van der Waals surface area contributed by atoms with Crippen molar-refractivity contribution >= 4 is 17.6 Å². The standard InChI is InChI=1S/C18H25N5O3/c1-13-15(17(24)19-11-12-26-3)5-4-6-16(13)22-18(25)20-9-7-14-8-10-21-23(14)2/h4-6,8,10H,7,9,11-12H2,1-3H3,(H,19,24)(H2,20,22,25). The monoisotopic (exact) mass is 359 g/mol. The molecule has 0 fully saturated rings. The third-order valence-corrected chi connectivity index (χ3v) is 4.01. The number of benzene rings is 1. The van der Waals surface area contributed by atoms with Crippen molar-refractivity contribution in [1.29, 1.82) is 0 Å². The number of ether oxygens (including phenoxy) is 1. The number of hydrogen-bond donors (Lipinski definition) is 3. The number of nitrogens with zero attached hydrogens (tertiary/aromatic N) is 2. The topological polar surface area (TPSA) is 97.3 Å². The van der Waals surface area contributed by atoms with Crippen molar-refractivity contribution < 1.29 is 14.3 Å². The van der Waals surface area contributed by atoms with E-state index < -0.39 is 0 Å². The summed E-state index contributed by atoms with van der Waals surface area (Å²) in [6, 6.07) is 6.83. The molecule has 1 aromatic heterocycles. The molecule has 0 saturated heterocycles. The lowest BCUT2D eigenvalue weighted by atomic mass is 10.1. The number of aryl methyl sites for hydroxylation is 1. The van der Waals surface area contributed by atoms with Crippen LogP contribution in [0.4, 0.5) is 10.5 Å². The zero-order valence-corrected chi connectivity index (χ0v) is 15.3. The molecular weight excluding hydrogens is 334 g/mol. The fourth-order valence-corrected chi connectivity index (χ4v) is 2.50. The molecule has 0 aliphatic rings. The Labute approximate surface area is 152 Å². The van der Waals surface area contributed by atoms with Gasteiger partial charge in [0.1, 0.15) is 0 Å². The molecule has 0 aliphatic carbocycles. The van der Waals surface area contributed by atoms with Crippen molar-refractivity contribution in [3.8, 4) is 0 Å². The molecule has 0 aliphatic heterocycles. The number of anilines is 1. The summed E-state index contributed by atoms with van der Waals surface area (Å²) in [5.41, 5.74) is 2.87. The highest BCUT2D eigenvalue weighted by Crippen LogP contribution is 2.18. The van der Waals surface area contributed by atoms with E-state index in [2.05, 4.69) is 21.0 Å². The Bertz CT molecular complexity index is 757. The second-order valence-corrected chi connectivity index (χ2v) is 5.80. The number of hydrogen-bond acceptors (Lipinski definition) is 4. The lowest BCUT2D eigenvalue weighted by Gasteiger charge is -2.13. The molecule has 0 saturated carbocycles. The third kappa shape index (κ3) is 5.32. The summed E-state index contributed by atoms with van der Waals surface area (Å²) in [7, 11) is 3.44. The highest BCUT2D eigenvalue weighted by atomic mass is 16.5. The first-order valence-electron chi connectivity index (χ1n) is 8.41. The van der Waals surface area contributed by atoms with E-state index in [1.807, 2.05) is 13.1 Å². The van der Waals surface area contributed by atoms with Gasteiger partial charge in [-0.25, -0.2) is 4.79 Å². The van der Waals surface area contributed by atoms with Crippen LogP contribution < -0.4 is 16.0 Å². The zero-order chi connectivity index (χ0) is 18.9. The van der Waals surface area contributed by atoms with Gasteiger partial charge in [-0.3, -0.25) is 9.48 Å². The summed E-state index contributed by atoms with van der Waals surface area (Å²) in [6.45, 7) is 3.17. The number of methoxy groups -OCH3 is 1. The number of aromatic nitrogens is 2. The minimum atomic E-state index is -0.313. The number of nitrogens with one attached hydrogen (secondary N) is 3. The van der Waals surface area contributed by atoms with E-state index in [1.165, 1.54) is 0 Å². The highest BCUT2D eigenvalue weighted by molar-refractivity contribution is 5.99. The summed E-state index contributed by atoms with van der Waals surface area (Å²) in [4.78, 5) is 24.3. The second-order valence-electron chi connectivity index (χ2n) is 5.80. The second kappa shape index (κ2) is 9.57. The Morgan fingerprint density at radius 1 is 1.19 bits per heavy atom. The first kappa shape index (κ1) is 19.5. The minimum absolute atomic E-state index is 0.195. The lowest BCUT2D eigenvalue weighted by Crippen LogP contribution is -2.31. The van der Waals surface area contributed by atoms with Gasteiger partial charge in [-0.15, -0.1) is 0 Å². The number of carbonyl (C=O) groups excluding carboxylic acids is 2. The van der Waals surface area contributed by atoms with Crippen LogP contribution in [0.5, 0.6) is 0 Å². The van der Waals surface area contributed by atoms with Crippen LogP contribution in [0, 0.1) is 6.92 Å². The number of rotatable bonds is 8. The Hall–Kier alpha value is -2.87. The maximum atomic E-state index is 12.2. The summed E-state index contributed by atoms with van der Waals surface area (Å²) >= 11 is 0. The van der Waals surface area contributed by atoms with Crippen molar-refractivity contribution in [2.24, 2.45) is 7.05 Å². The van der Waals surface area contributed by atoms with Gasteiger partial charge in [0.2, 0.25) is 0 Å². The SMILES string of the molecule is COCCNC(=O)c1cccc(NC(=O)NCCc2ccnn2C)c1C. The smallest absolute Gasteiger partial charge is 0.319 e. The summed E-state index contributed by atoms with van der Waals surface area (Å²) < 4.78 is 6.69. The Morgan fingerprint density at radius 2 is 2.00 bits per heavy atom. The van der Waals surface area contributed by atoms with Crippen molar-refractivity contribution in [3.05, 3.63) is 47.3 Å². The molecule has 0 unspecified atom stereocenters. The quantitative estimate of drug-likeness (QED) is 0.622. The van der Waals surface area contributed by atoms with Crippen LogP contribution in [0.2, 0.25) is 0 Å². The van der Waals surface area contributed by atoms with E-state index in [9.17, 15) is 9.59 Å².